The van der Waals surface area contributed by atoms with Gasteiger partial charge in [0.1, 0.15) is 6.04 Å². The Bertz CT molecular complexity index is 433. The number of amides is 2. The summed E-state index contributed by atoms with van der Waals surface area (Å²) in [5.74, 6) is -0.0297. The summed E-state index contributed by atoms with van der Waals surface area (Å²) < 4.78 is 0. The third-order valence-corrected chi connectivity index (χ3v) is 4.58. The molecule has 126 valence electrons. The van der Waals surface area contributed by atoms with Gasteiger partial charge in [0.15, 0.2) is 10.2 Å². The minimum atomic E-state index is -0.755. The van der Waals surface area contributed by atoms with Crippen molar-refractivity contribution in [3.05, 3.63) is 0 Å². The molecule has 8 heteroatoms. The molecule has 0 unspecified atom stereocenters. The molecule has 0 aromatic carbocycles. The second kappa shape index (κ2) is 9.89. The predicted octanol–water partition coefficient (Wildman–Crippen LogP) is 1.19. The van der Waals surface area contributed by atoms with Gasteiger partial charge in [0, 0.05) is 37.3 Å². The first-order chi connectivity index (χ1) is 10.0. The van der Waals surface area contributed by atoms with Gasteiger partial charge in [-0.1, -0.05) is 44.3 Å². The number of hydrogen-bond donors (Lipinski definition) is 2. The van der Waals surface area contributed by atoms with Crippen LogP contribution in [0.2, 0.25) is 0 Å². The van der Waals surface area contributed by atoms with Crippen LogP contribution in [0.5, 0.6) is 0 Å². The fourth-order valence-electron chi connectivity index (χ4n) is 1.29. The summed E-state index contributed by atoms with van der Waals surface area (Å²) in [6.45, 7) is 8.57. The van der Waals surface area contributed by atoms with Gasteiger partial charge >= 0.3 is 0 Å². The maximum atomic E-state index is 12.0. The smallest absolute Gasteiger partial charge is 0.243 e. The normalized spacial score (nSPS) is 12.4. The van der Waals surface area contributed by atoms with Crippen LogP contribution in [0.3, 0.4) is 0 Å². The minimum absolute atomic E-state index is 0.0623. The number of thioether (sulfide) groups is 2. The van der Waals surface area contributed by atoms with Crippen LogP contribution in [-0.2, 0) is 19.2 Å². The Kier molecular flexibility index (Phi) is 9.43. The van der Waals surface area contributed by atoms with E-state index >= 15 is 0 Å². The number of carbonyl (C=O) groups excluding carboxylic acids is 4. The highest BCUT2D eigenvalue weighted by Gasteiger charge is 2.22. The van der Waals surface area contributed by atoms with E-state index < -0.39 is 11.5 Å². The molecule has 1 atom stereocenters. The van der Waals surface area contributed by atoms with Crippen LogP contribution >= 0.6 is 23.5 Å². The molecule has 0 aliphatic heterocycles. The van der Waals surface area contributed by atoms with Crippen molar-refractivity contribution in [3.8, 4) is 0 Å². The van der Waals surface area contributed by atoms with Crippen molar-refractivity contribution in [3.63, 3.8) is 0 Å². The average Bonchev–Trinajstić information content (AvgIpc) is 2.37. The van der Waals surface area contributed by atoms with Crippen LogP contribution < -0.4 is 10.6 Å². The average molecular weight is 348 g/mol. The molecule has 0 aliphatic rings. The van der Waals surface area contributed by atoms with Crippen molar-refractivity contribution in [1.29, 1.82) is 0 Å². The van der Waals surface area contributed by atoms with E-state index in [0.717, 1.165) is 11.8 Å². The number of rotatable bonds is 7. The van der Waals surface area contributed by atoms with Gasteiger partial charge < -0.3 is 10.6 Å². The predicted molar refractivity (Wildman–Crippen MR) is 90.7 cm³/mol. The van der Waals surface area contributed by atoms with Crippen molar-refractivity contribution in [1.82, 2.24) is 10.6 Å². The molecule has 0 heterocycles. The van der Waals surface area contributed by atoms with Crippen molar-refractivity contribution >= 4 is 45.6 Å². The van der Waals surface area contributed by atoms with Gasteiger partial charge in [0.2, 0.25) is 11.8 Å². The van der Waals surface area contributed by atoms with E-state index in [2.05, 4.69) is 10.6 Å². The SMILES string of the molecule is CC(=O)N[C@@H](CSC(C)=O)C(=O)NCCSC(=O)C(C)(C)C. The lowest BCUT2D eigenvalue weighted by atomic mass is 10.00. The highest BCUT2D eigenvalue weighted by molar-refractivity contribution is 8.13. The van der Waals surface area contributed by atoms with Crippen LogP contribution in [-0.4, -0.2) is 46.1 Å². The monoisotopic (exact) mass is 348 g/mol. The summed E-state index contributed by atoms with van der Waals surface area (Å²) in [5, 5.41) is 5.12. The molecule has 0 saturated heterocycles. The summed E-state index contributed by atoms with van der Waals surface area (Å²) in [6.07, 6.45) is 0. The molecule has 6 nitrogen and oxygen atoms in total. The Labute approximate surface area is 139 Å². The Morgan fingerprint density at radius 2 is 1.64 bits per heavy atom. The molecule has 0 fully saturated rings. The van der Waals surface area contributed by atoms with Gasteiger partial charge in [-0.15, -0.1) is 0 Å². The van der Waals surface area contributed by atoms with Gasteiger partial charge in [-0.25, -0.2) is 0 Å². The quantitative estimate of drug-likeness (QED) is 0.672. The zero-order valence-corrected chi connectivity index (χ0v) is 15.3. The number of hydrogen-bond acceptors (Lipinski definition) is 6. The fourth-order valence-corrected chi connectivity index (χ4v) is 2.75. The van der Waals surface area contributed by atoms with Crippen LogP contribution in [0.1, 0.15) is 34.6 Å². The van der Waals surface area contributed by atoms with E-state index in [0.29, 0.717) is 12.3 Å². The van der Waals surface area contributed by atoms with E-state index in [1.807, 2.05) is 20.8 Å². The molecule has 22 heavy (non-hydrogen) atoms. The van der Waals surface area contributed by atoms with Gasteiger partial charge in [-0.05, 0) is 0 Å². The fraction of sp³-hybridized carbons (Fsp3) is 0.714. The molecule has 0 aliphatic carbocycles. The van der Waals surface area contributed by atoms with Gasteiger partial charge in [-0.3, -0.25) is 19.2 Å². The molecule has 0 spiro atoms. The zero-order valence-electron chi connectivity index (χ0n) is 13.6. The Hall–Kier alpha value is -1.02. The third-order valence-electron chi connectivity index (χ3n) is 2.39. The van der Waals surface area contributed by atoms with E-state index in [1.54, 1.807) is 0 Å². The molecule has 2 N–H and O–H groups in total. The van der Waals surface area contributed by atoms with Crippen molar-refractivity contribution in [2.45, 2.75) is 40.7 Å². The second-order valence-corrected chi connectivity index (χ2v) is 8.00. The van der Waals surface area contributed by atoms with Crippen molar-refractivity contribution < 1.29 is 19.2 Å². The van der Waals surface area contributed by atoms with Gasteiger partial charge in [0.05, 0.1) is 0 Å². The minimum Gasteiger partial charge on any atom is -0.353 e. The zero-order chi connectivity index (χ0) is 17.3. The molecule has 0 aromatic heterocycles. The van der Waals surface area contributed by atoms with E-state index in [1.165, 1.54) is 25.6 Å². The number of carbonyl (C=O) groups is 4. The summed E-state index contributed by atoms with van der Waals surface area (Å²) >= 11 is 2.15. The Morgan fingerprint density at radius 1 is 1.05 bits per heavy atom. The summed E-state index contributed by atoms with van der Waals surface area (Å²) in [6, 6.07) is -0.755. The molecule has 0 radical (unpaired) electrons. The molecule has 0 rings (SSSR count). The largest absolute Gasteiger partial charge is 0.353 e. The lowest BCUT2D eigenvalue weighted by molar-refractivity contribution is -0.127. The highest BCUT2D eigenvalue weighted by Crippen LogP contribution is 2.22. The lowest BCUT2D eigenvalue weighted by Gasteiger charge is -2.18. The second-order valence-electron chi connectivity index (χ2n) is 5.73. The Morgan fingerprint density at radius 3 is 2.09 bits per heavy atom. The van der Waals surface area contributed by atoms with Gasteiger partial charge in [-0.2, -0.15) is 0 Å². The lowest BCUT2D eigenvalue weighted by Crippen LogP contribution is -2.48. The van der Waals surface area contributed by atoms with E-state index in [-0.39, 0.29) is 27.8 Å². The van der Waals surface area contributed by atoms with E-state index in [9.17, 15) is 19.2 Å². The standard InChI is InChI=1S/C14H24N2O4S2/c1-9(17)16-11(8-22-10(2)18)12(19)15-6-7-21-13(20)14(3,4)5/h11H,6-8H2,1-5H3,(H,15,19)(H,16,17)/t11-/m0/s1. The molecule has 0 bridgehead atoms. The highest BCUT2D eigenvalue weighted by atomic mass is 32.2. The number of nitrogens with one attached hydrogen (secondary N) is 2. The third kappa shape index (κ3) is 9.83. The van der Waals surface area contributed by atoms with Crippen LogP contribution in [0.25, 0.3) is 0 Å². The van der Waals surface area contributed by atoms with E-state index in [4.69, 9.17) is 0 Å². The van der Waals surface area contributed by atoms with Crippen molar-refractivity contribution in [2.75, 3.05) is 18.1 Å². The van der Waals surface area contributed by atoms with Crippen LogP contribution in [0.4, 0.5) is 0 Å². The van der Waals surface area contributed by atoms with Crippen LogP contribution in [0.15, 0.2) is 0 Å². The molecule has 0 aromatic rings. The summed E-state index contributed by atoms with van der Waals surface area (Å²) in [4.78, 5) is 45.8. The molecule has 2 amide bonds. The van der Waals surface area contributed by atoms with Crippen LogP contribution in [0, 0.1) is 5.41 Å². The maximum Gasteiger partial charge on any atom is 0.243 e. The first kappa shape index (κ1) is 21.0. The first-order valence-electron chi connectivity index (χ1n) is 6.89. The molecular formula is C14H24N2O4S2. The summed E-state index contributed by atoms with van der Waals surface area (Å²) in [7, 11) is 0. The van der Waals surface area contributed by atoms with Crippen molar-refractivity contribution in [2.24, 2.45) is 5.41 Å². The first-order valence-corrected chi connectivity index (χ1v) is 8.86. The van der Waals surface area contributed by atoms with Gasteiger partial charge in [0.25, 0.3) is 0 Å². The summed E-state index contributed by atoms with van der Waals surface area (Å²) in [5.41, 5.74) is -0.411. The molecular weight excluding hydrogens is 324 g/mol. The topological polar surface area (TPSA) is 92.3 Å². The maximum absolute atomic E-state index is 12.0. The molecule has 0 saturated carbocycles. The Balaban J connectivity index is 4.25.